The van der Waals surface area contributed by atoms with Crippen molar-refractivity contribution >= 4 is 34.5 Å². The molecule has 31 heavy (non-hydrogen) atoms. The van der Waals surface area contributed by atoms with Crippen molar-refractivity contribution in [1.29, 1.82) is 0 Å². The second-order valence-electron chi connectivity index (χ2n) is 6.49. The normalized spacial score (nSPS) is 11.1. The van der Waals surface area contributed by atoms with Gasteiger partial charge in [0.1, 0.15) is 18.9 Å². The molecule has 9 nitrogen and oxygen atoms in total. The summed E-state index contributed by atoms with van der Waals surface area (Å²) in [6.07, 6.45) is 2.33. The van der Waals surface area contributed by atoms with Crippen molar-refractivity contribution in [2.75, 3.05) is 26.6 Å². The van der Waals surface area contributed by atoms with Crippen LogP contribution in [0.1, 0.15) is 28.5 Å². The molecular formula is C21H24N4O5S. The van der Waals surface area contributed by atoms with Crippen molar-refractivity contribution in [3.63, 3.8) is 0 Å². The lowest BCUT2D eigenvalue weighted by molar-refractivity contribution is -0.275. The highest BCUT2D eigenvalue weighted by Crippen LogP contribution is 2.34. The van der Waals surface area contributed by atoms with E-state index in [0.29, 0.717) is 34.8 Å². The van der Waals surface area contributed by atoms with Gasteiger partial charge in [-0.3, -0.25) is 9.59 Å². The van der Waals surface area contributed by atoms with E-state index in [2.05, 4.69) is 14.9 Å². The molecule has 0 atom stereocenters. The second kappa shape index (κ2) is 10.4. The maximum atomic E-state index is 12.8. The van der Waals surface area contributed by atoms with Gasteiger partial charge in [-0.2, -0.15) is 4.98 Å². The molecule has 0 unspecified atom stereocenters. The van der Waals surface area contributed by atoms with E-state index >= 15 is 0 Å². The number of Topliss-reactive ketones (excluding diaryl/α,β-unsaturated/α-hetero) is 1. The number of rotatable bonds is 11. The summed E-state index contributed by atoms with van der Waals surface area (Å²) in [5.41, 5.74) is 7.72. The van der Waals surface area contributed by atoms with Crippen molar-refractivity contribution in [3.05, 3.63) is 47.2 Å². The molecule has 0 aliphatic carbocycles. The third-order valence-electron chi connectivity index (χ3n) is 4.63. The molecule has 1 amide bonds. The number of aromatic nitrogens is 3. The lowest BCUT2D eigenvalue weighted by Crippen LogP contribution is -2.24. The fourth-order valence-electron chi connectivity index (χ4n) is 3.35. The van der Waals surface area contributed by atoms with Gasteiger partial charge in [-0.1, -0.05) is 49.0 Å². The molecule has 0 radical (unpaired) electrons. The smallest absolute Gasteiger partial charge is 0.289 e. The first kappa shape index (κ1) is 22.7. The number of ether oxygens (including phenoxy) is 1. The minimum Gasteiger partial charge on any atom is -0.474 e. The van der Waals surface area contributed by atoms with Gasteiger partial charge in [0, 0.05) is 12.2 Å². The van der Waals surface area contributed by atoms with Crippen LogP contribution in [0.25, 0.3) is 11.0 Å². The first-order valence-electron chi connectivity index (χ1n) is 9.65. The van der Waals surface area contributed by atoms with Gasteiger partial charge in [0.25, 0.3) is 11.7 Å². The number of primary amides is 1. The third kappa shape index (κ3) is 4.87. The van der Waals surface area contributed by atoms with Crippen molar-refractivity contribution < 1.29 is 24.1 Å². The Labute approximate surface area is 183 Å². The molecule has 2 heterocycles. The van der Waals surface area contributed by atoms with Crippen molar-refractivity contribution in [2.24, 2.45) is 5.73 Å². The molecule has 0 saturated carbocycles. The number of carbonyl (C=O) groups excluding carboxylic acids is 2. The van der Waals surface area contributed by atoms with Crippen LogP contribution in [0.2, 0.25) is 0 Å². The van der Waals surface area contributed by atoms with Crippen LogP contribution < -0.4 is 10.5 Å². The van der Waals surface area contributed by atoms with Crippen molar-refractivity contribution in [1.82, 2.24) is 14.5 Å². The number of ketones is 1. The molecule has 3 aromatic rings. The fourth-order valence-corrected chi connectivity index (χ4v) is 3.71. The monoisotopic (exact) mass is 444 g/mol. The maximum Gasteiger partial charge on any atom is 0.289 e. The summed E-state index contributed by atoms with van der Waals surface area (Å²) in [5, 5.41) is 0.842. The molecule has 0 bridgehead atoms. The number of thioether (sulfide) groups is 1. The number of benzene rings is 1. The van der Waals surface area contributed by atoms with Crippen LogP contribution in [0.5, 0.6) is 5.88 Å². The maximum absolute atomic E-state index is 12.8. The standard InChI is InChI=1S/C21H24N4O5S/c1-4-14-15(17(26)18(22)27)16-19(25(14)12-13-8-6-5-7-9-13)23-21(31-3)24-20(16)29-10-11-30-28-2/h5-9H,4,10-12H2,1-3H3,(H2,22,27). The number of hydrogen-bond acceptors (Lipinski definition) is 8. The van der Waals surface area contributed by atoms with Gasteiger partial charge in [0.05, 0.1) is 18.1 Å². The number of nitrogens with two attached hydrogens (primary N) is 1. The number of fused-ring (bicyclic) bond motifs is 1. The summed E-state index contributed by atoms with van der Waals surface area (Å²) in [6.45, 7) is 2.65. The average molecular weight is 445 g/mol. The molecule has 164 valence electrons. The van der Waals surface area contributed by atoms with E-state index < -0.39 is 11.7 Å². The molecule has 0 fully saturated rings. The number of carbonyl (C=O) groups is 2. The summed E-state index contributed by atoms with van der Waals surface area (Å²) >= 11 is 1.35. The predicted molar refractivity (Wildman–Crippen MR) is 116 cm³/mol. The van der Waals surface area contributed by atoms with E-state index in [1.807, 2.05) is 48.1 Å². The largest absolute Gasteiger partial charge is 0.474 e. The van der Waals surface area contributed by atoms with Crippen LogP contribution in [0.15, 0.2) is 35.5 Å². The molecule has 2 aromatic heterocycles. The Morgan fingerprint density at radius 3 is 2.52 bits per heavy atom. The summed E-state index contributed by atoms with van der Waals surface area (Å²) in [5.74, 6) is -1.65. The molecule has 2 N–H and O–H groups in total. The highest BCUT2D eigenvalue weighted by molar-refractivity contribution is 7.98. The summed E-state index contributed by atoms with van der Waals surface area (Å²) in [6, 6.07) is 9.78. The molecule has 0 spiro atoms. The Kier molecular flexibility index (Phi) is 7.61. The van der Waals surface area contributed by atoms with Crippen LogP contribution in [0.4, 0.5) is 0 Å². The highest BCUT2D eigenvalue weighted by Gasteiger charge is 2.29. The SMILES string of the molecule is CCc1c(C(=O)C(N)=O)c2c(OCCOOC)nc(SC)nc2n1Cc1ccccc1. The molecular weight excluding hydrogens is 420 g/mol. The third-order valence-corrected chi connectivity index (χ3v) is 5.18. The van der Waals surface area contributed by atoms with Gasteiger partial charge in [-0.05, 0) is 18.2 Å². The van der Waals surface area contributed by atoms with E-state index in [1.54, 1.807) is 0 Å². The Bertz CT molecular complexity index is 1080. The van der Waals surface area contributed by atoms with E-state index in [-0.39, 0.29) is 24.7 Å². The van der Waals surface area contributed by atoms with E-state index in [0.717, 1.165) is 5.56 Å². The number of amides is 1. The zero-order valence-electron chi connectivity index (χ0n) is 17.6. The first-order chi connectivity index (χ1) is 15.0. The molecule has 0 aliphatic heterocycles. The average Bonchev–Trinajstić information content (AvgIpc) is 3.09. The van der Waals surface area contributed by atoms with Gasteiger partial charge in [-0.25, -0.2) is 14.8 Å². The number of nitrogens with zero attached hydrogens (tertiary/aromatic N) is 3. The van der Waals surface area contributed by atoms with Gasteiger partial charge in [0.15, 0.2) is 5.16 Å². The Morgan fingerprint density at radius 2 is 1.90 bits per heavy atom. The lowest BCUT2D eigenvalue weighted by atomic mass is 10.1. The molecule has 0 saturated heterocycles. The summed E-state index contributed by atoms with van der Waals surface area (Å²) in [4.78, 5) is 43.2. The van der Waals surface area contributed by atoms with Crippen LogP contribution in [0.3, 0.4) is 0 Å². The Hall–Kier alpha value is -2.95. The van der Waals surface area contributed by atoms with Gasteiger partial charge < -0.3 is 15.0 Å². The predicted octanol–water partition coefficient (Wildman–Crippen LogP) is 2.39. The van der Waals surface area contributed by atoms with Crippen LogP contribution in [-0.4, -0.2) is 52.8 Å². The van der Waals surface area contributed by atoms with E-state index in [1.165, 1.54) is 18.9 Å². The minimum atomic E-state index is -1.05. The second-order valence-corrected chi connectivity index (χ2v) is 7.26. The first-order valence-corrected chi connectivity index (χ1v) is 10.9. The van der Waals surface area contributed by atoms with Gasteiger partial charge in [0.2, 0.25) is 5.88 Å². The number of hydrogen-bond donors (Lipinski definition) is 1. The Morgan fingerprint density at radius 1 is 1.16 bits per heavy atom. The summed E-state index contributed by atoms with van der Waals surface area (Å²) in [7, 11) is 1.40. The zero-order chi connectivity index (χ0) is 22.4. The highest BCUT2D eigenvalue weighted by atomic mass is 32.2. The van der Waals surface area contributed by atoms with Gasteiger partial charge in [-0.15, -0.1) is 0 Å². The zero-order valence-corrected chi connectivity index (χ0v) is 18.4. The lowest BCUT2D eigenvalue weighted by Gasteiger charge is -2.11. The molecule has 1 aromatic carbocycles. The van der Waals surface area contributed by atoms with Crippen molar-refractivity contribution in [2.45, 2.75) is 25.0 Å². The fraction of sp³-hybridized carbons (Fsp3) is 0.333. The van der Waals surface area contributed by atoms with E-state index in [9.17, 15) is 9.59 Å². The molecule has 10 heteroatoms. The summed E-state index contributed by atoms with van der Waals surface area (Å²) < 4.78 is 7.73. The minimum absolute atomic E-state index is 0.128. The molecule has 3 rings (SSSR count). The molecule has 0 aliphatic rings. The van der Waals surface area contributed by atoms with Crippen LogP contribution in [0, 0.1) is 0 Å². The van der Waals surface area contributed by atoms with Crippen LogP contribution in [-0.2, 0) is 27.5 Å². The van der Waals surface area contributed by atoms with E-state index in [4.69, 9.17) is 15.4 Å². The van der Waals surface area contributed by atoms with Crippen LogP contribution >= 0.6 is 11.8 Å². The quantitative estimate of drug-likeness (QED) is 0.0911. The topological polar surface area (TPSA) is 119 Å². The van der Waals surface area contributed by atoms with Crippen molar-refractivity contribution in [3.8, 4) is 5.88 Å². The van der Waals surface area contributed by atoms with Gasteiger partial charge >= 0.3 is 0 Å². The Balaban J connectivity index is 2.26.